The van der Waals surface area contributed by atoms with Gasteiger partial charge in [0.1, 0.15) is 25.9 Å². The lowest BCUT2D eigenvalue weighted by atomic mass is 10.1. The summed E-state index contributed by atoms with van der Waals surface area (Å²) in [6.07, 6.45) is -1.14. The van der Waals surface area contributed by atoms with Crippen LogP contribution in [-0.2, 0) is 46.6 Å². The van der Waals surface area contributed by atoms with Crippen molar-refractivity contribution in [3.05, 3.63) is 106 Å². The molecule has 1 N–H and O–H groups in total. The number of hydroxylamine groups is 2. The third kappa shape index (κ3) is 6.60. The Hall–Kier alpha value is -4.95. The number of nitrogens with zero attached hydrogens (tertiary/aromatic N) is 2. The fourth-order valence-electron chi connectivity index (χ4n) is 4.45. The minimum absolute atomic E-state index is 0.0372. The molecule has 0 radical (unpaired) electrons. The van der Waals surface area contributed by atoms with Crippen LogP contribution in [0.15, 0.2) is 89.8 Å². The Morgan fingerprint density at radius 3 is 2.26 bits per heavy atom. The molecule has 5 rings (SSSR count). The zero-order valence-corrected chi connectivity index (χ0v) is 23.3. The molecule has 0 saturated carbocycles. The predicted molar refractivity (Wildman–Crippen MR) is 149 cm³/mol. The van der Waals surface area contributed by atoms with E-state index in [1.807, 2.05) is 6.07 Å². The Morgan fingerprint density at radius 2 is 1.58 bits per heavy atom. The Labute approximate surface area is 249 Å². The molecule has 2 aliphatic rings. The molecule has 3 aromatic carbocycles. The maximum atomic E-state index is 13.8. The van der Waals surface area contributed by atoms with Gasteiger partial charge in [0.05, 0.1) is 16.6 Å². The number of nitro groups is 1. The summed E-state index contributed by atoms with van der Waals surface area (Å²) in [5.41, 5.74) is -1.32. The summed E-state index contributed by atoms with van der Waals surface area (Å²) in [5, 5.41) is 13.1. The molecule has 222 valence electrons. The van der Waals surface area contributed by atoms with Crippen LogP contribution >= 0.6 is 11.8 Å². The summed E-state index contributed by atoms with van der Waals surface area (Å²) in [4.78, 5) is 69.2. The van der Waals surface area contributed by atoms with E-state index in [1.54, 1.807) is 54.6 Å². The van der Waals surface area contributed by atoms with Crippen molar-refractivity contribution in [2.75, 3.05) is 6.61 Å². The van der Waals surface area contributed by atoms with Crippen LogP contribution in [0.5, 0.6) is 0 Å². The van der Waals surface area contributed by atoms with Gasteiger partial charge in [-0.05, 0) is 35.4 Å². The van der Waals surface area contributed by atoms with E-state index in [-0.39, 0.29) is 31.9 Å². The first-order valence-electron chi connectivity index (χ1n) is 13.0. The molecule has 2 amide bonds. The van der Waals surface area contributed by atoms with Crippen molar-refractivity contribution in [3.63, 3.8) is 0 Å². The highest BCUT2D eigenvalue weighted by atomic mass is 32.2. The average Bonchev–Trinajstić information content (AvgIpc) is 3.54. The first kappa shape index (κ1) is 29.5. The lowest BCUT2D eigenvalue weighted by Crippen LogP contribution is -2.61. The van der Waals surface area contributed by atoms with Crippen LogP contribution in [0.2, 0.25) is 0 Å². The number of esters is 2. The number of rotatable bonds is 10. The van der Waals surface area contributed by atoms with E-state index in [0.29, 0.717) is 15.5 Å². The van der Waals surface area contributed by atoms with Gasteiger partial charge in [0.25, 0.3) is 11.6 Å². The summed E-state index contributed by atoms with van der Waals surface area (Å²) in [5.74, 6) is -2.71. The van der Waals surface area contributed by atoms with Gasteiger partial charge in [0.2, 0.25) is 0 Å². The third-order valence-electron chi connectivity index (χ3n) is 6.56. The average molecular weight is 608 g/mol. The second-order valence-electron chi connectivity index (χ2n) is 9.48. The van der Waals surface area contributed by atoms with E-state index in [4.69, 9.17) is 19.0 Å². The van der Waals surface area contributed by atoms with Gasteiger partial charge < -0.3 is 19.5 Å². The lowest BCUT2D eigenvalue weighted by Gasteiger charge is -2.36. The van der Waals surface area contributed by atoms with Gasteiger partial charge in [-0.1, -0.05) is 48.5 Å². The highest BCUT2D eigenvalue weighted by Crippen LogP contribution is 2.44. The number of thioether (sulfide) groups is 1. The summed E-state index contributed by atoms with van der Waals surface area (Å²) in [7, 11) is 0. The van der Waals surface area contributed by atoms with Crippen LogP contribution in [0.25, 0.3) is 0 Å². The number of cyclic esters (lactones) is 1. The predicted octanol–water partition coefficient (Wildman–Crippen LogP) is 3.51. The molecule has 3 aromatic rings. The molecule has 43 heavy (non-hydrogen) atoms. The molecule has 0 aliphatic carbocycles. The Kier molecular flexibility index (Phi) is 8.87. The first-order valence-corrected chi connectivity index (χ1v) is 13.9. The standard InChI is InChI=1S/C29H25N3O10S/c33-25-15-24(43-22-9-5-2-6-10-22)29(42-25,27(35)39-16-20-11-13-21(14-12-20)32(37)38)31-26(34)23(18-41-31)30-28(36)40-17-19-7-3-1-4-8-19/h1-14,23-24H,15-18H2,(H,30,36)/t23-,24?,29?/m0/s1. The Morgan fingerprint density at radius 1 is 0.953 bits per heavy atom. The number of carbonyl (C=O) groups is 4. The molecule has 0 bridgehead atoms. The Balaban J connectivity index is 1.35. The summed E-state index contributed by atoms with van der Waals surface area (Å²) < 4.78 is 16.3. The van der Waals surface area contributed by atoms with Gasteiger partial charge in [-0.3, -0.25) is 24.5 Å². The fourth-order valence-corrected chi connectivity index (χ4v) is 5.71. The van der Waals surface area contributed by atoms with Crippen molar-refractivity contribution in [2.45, 2.75) is 41.5 Å². The SMILES string of the molecule is O=C1CC(Sc2ccccc2)C(C(=O)OCc2ccc([N+](=O)[O-])cc2)(N2OC[C@H](NC(=O)OCc3ccccc3)C2=O)O1. The monoisotopic (exact) mass is 607 g/mol. The second kappa shape index (κ2) is 12.9. The number of hydrogen-bond donors (Lipinski definition) is 1. The number of alkyl carbamates (subject to hydrolysis) is 1. The molecule has 2 aliphatic heterocycles. The highest BCUT2D eigenvalue weighted by Gasteiger charge is 2.66. The van der Waals surface area contributed by atoms with Crippen LogP contribution in [-0.4, -0.2) is 57.5 Å². The van der Waals surface area contributed by atoms with E-state index >= 15 is 0 Å². The molecule has 0 spiro atoms. The first-order chi connectivity index (χ1) is 20.8. The number of amides is 2. The number of non-ortho nitro benzene ring substituents is 1. The van der Waals surface area contributed by atoms with Gasteiger partial charge in [0, 0.05) is 17.0 Å². The van der Waals surface area contributed by atoms with Crippen LogP contribution in [0.4, 0.5) is 10.5 Å². The van der Waals surface area contributed by atoms with Crippen LogP contribution in [0.3, 0.4) is 0 Å². The number of benzene rings is 3. The quantitative estimate of drug-likeness (QED) is 0.155. The van der Waals surface area contributed by atoms with Crippen molar-refractivity contribution in [1.82, 2.24) is 10.4 Å². The lowest BCUT2D eigenvalue weighted by molar-refractivity contribution is -0.384. The summed E-state index contributed by atoms with van der Waals surface area (Å²) in [6.45, 7) is -0.740. The van der Waals surface area contributed by atoms with Gasteiger partial charge >= 0.3 is 23.8 Å². The van der Waals surface area contributed by atoms with Crippen molar-refractivity contribution in [2.24, 2.45) is 0 Å². The number of hydrogen-bond acceptors (Lipinski definition) is 11. The Bertz CT molecular complexity index is 1510. The van der Waals surface area contributed by atoms with Gasteiger partial charge in [-0.25, -0.2) is 9.59 Å². The molecule has 3 atom stereocenters. The van der Waals surface area contributed by atoms with Crippen molar-refractivity contribution < 1.29 is 43.1 Å². The zero-order valence-electron chi connectivity index (χ0n) is 22.5. The van der Waals surface area contributed by atoms with Crippen molar-refractivity contribution in [1.29, 1.82) is 0 Å². The van der Waals surface area contributed by atoms with Crippen LogP contribution in [0, 0.1) is 10.1 Å². The minimum atomic E-state index is -2.33. The molecule has 14 heteroatoms. The van der Waals surface area contributed by atoms with E-state index in [0.717, 1.165) is 17.3 Å². The molecule has 2 unspecified atom stereocenters. The number of carbonyl (C=O) groups excluding carboxylic acids is 4. The smallest absolute Gasteiger partial charge is 0.408 e. The normalized spacial score (nSPS) is 21.3. The summed E-state index contributed by atoms with van der Waals surface area (Å²) in [6, 6.07) is 21.9. The number of nitrogens with one attached hydrogen (secondary N) is 1. The van der Waals surface area contributed by atoms with Crippen molar-refractivity contribution in [3.8, 4) is 0 Å². The number of nitro benzene ring substituents is 1. The molecule has 2 saturated heterocycles. The maximum Gasteiger partial charge on any atom is 0.408 e. The third-order valence-corrected chi connectivity index (χ3v) is 7.88. The summed E-state index contributed by atoms with van der Waals surface area (Å²) >= 11 is 1.12. The molecule has 0 aromatic heterocycles. The maximum absolute atomic E-state index is 13.8. The minimum Gasteiger partial charge on any atom is -0.456 e. The van der Waals surface area contributed by atoms with Crippen LogP contribution in [0.1, 0.15) is 17.5 Å². The topological polar surface area (TPSA) is 164 Å². The van der Waals surface area contributed by atoms with Crippen LogP contribution < -0.4 is 5.32 Å². The van der Waals surface area contributed by atoms with E-state index in [1.165, 1.54) is 24.3 Å². The zero-order chi connectivity index (χ0) is 30.4. The van der Waals surface area contributed by atoms with E-state index in [9.17, 15) is 29.3 Å². The second-order valence-corrected chi connectivity index (χ2v) is 10.8. The highest BCUT2D eigenvalue weighted by molar-refractivity contribution is 8.00. The molecule has 2 heterocycles. The molecular weight excluding hydrogens is 582 g/mol. The van der Waals surface area contributed by atoms with Crippen molar-refractivity contribution >= 4 is 41.4 Å². The molecule has 13 nitrogen and oxygen atoms in total. The van der Waals surface area contributed by atoms with Gasteiger partial charge in [-0.15, -0.1) is 11.8 Å². The van der Waals surface area contributed by atoms with Gasteiger partial charge in [-0.2, -0.15) is 5.06 Å². The molecular formula is C29H25N3O10S. The fraction of sp³-hybridized carbons (Fsp3) is 0.241. The van der Waals surface area contributed by atoms with E-state index in [2.05, 4.69) is 5.32 Å². The largest absolute Gasteiger partial charge is 0.456 e. The molecule has 2 fully saturated rings. The van der Waals surface area contributed by atoms with E-state index < -0.39 is 45.9 Å². The number of ether oxygens (including phenoxy) is 3. The van der Waals surface area contributed by atoms with Gasteiger partial charge in [0.15, 0.2) is 0 Å².